The molecule has 0 aliphatic rings. The number of carbonyl (C=O) groups is 1. The van der Waals surface area contributed by atoms with Gasteiger partial charge in [0, 0.05) is 24.2 Å². The summed E-state index contributed by atoms with van der Waals surface area (Å²) >= 11 is 0. The molecular formula is C13H10N2O3. The number of nitro groups is 1. The lowest BCUT2D eigenvalue weighted by Gasteiger charge is -2.02. The number of allylic oxidation sites excluding steroid dienone is 1. The van der Waals surface area contributed by atoms with Gasteiger partial charge in [0.15, 0.2) is 0 Å². The number of fused-ring (bicyclic) bond motifs is 1. The Hall–Kier alpha value is -2.56. The monoisotopic (exact) mass is 242 g/mol. The maximum Gasteiger partial charge on any atom is 0.278 e. The van der Waals surface area contributed by atoms with Gasteiger partial charge >= 0.3 is 0 Å². The molecule has 5 heteroatoms. The molecular weight excluding hydrogens is 232 g/mol. The number of hydrogen-bond acceptors (Lipinski definition) is 4. The summed E-state index contributed by atoms with van der Waals surface area (Å²) in [5, 5.41) is 11.4. The first-order valence-corrected chi connectivity index (χ1v) is 5.36. The third kappa shape index (κ3) is 2.24. The smallest absolute Gasteiger partial charge is 0.278 e. The molecule has 0 saturated carbocycles. The van der Waals surface area contributed by atoms with Gasteiger partial charge in [-0.2, -0.15) is 0 Å². The van der Waals surface area contributed by atoms with Crippen LogP contribution in [0.4, 0.5) is 5.69 Å². The molecule has 90 valence electrons. The van der Waals surface area contributed by atoms with Crippen LogP contribution in [0.2, 0.25) is 0 Å². The van der Waals surface area contributed by atoms with Crippen LogP contribution in [0.3, 0.4) is 0 Å². The minimum Gasteiger partial charge on any atom is -0.303 e. The van der Waals surface area contributed by atoms with Gasteiger partial charge < -0.3 is 4.79 Å². The zero-order chi connectivity index (χ0) is 13.0. The van der Waals surface area contributed by atoms with Crippen LogP contribution in [0.25, 0.3) is 17.0 Å². The fourth-order valence-electron chi connectivity index (χ4n) is 1.72. The topological polar surface area (TPSA) is 73.1 Å². The Morgan fingerprint density at radius 1 is 1.33 bits per heavy atom. The predicted octanol–water partition coefficient (Wildman–Crippen LogP) is 2.75. The number of pyridine rings is 1. The van der Waals surface area contributed by atoms with Crippen molar-refractivity contribution in [3.05, 3.63) is 52.2 Å². The number of non-ortho nitro benzene ring substituents is 1. The first-order valence-electron chi connectivity index (χ1n) is 5.36. The normalized spacial score (nSPS) is 10.9. The molecule has 2 aromatic rings. The maximum absolute atomic E-state index is 10.9. The molecule has 0 aliphatic carbocycles. The van der Waals surface area contributed by atoms with E-state index in [0.717, 1.165) is 11.8 Å². The van der Waals surface area contributed by atoms with Gasteiger partial charge in [-0.25, -0.2) is 0 Å². The molecule has 0 fully saturated rings. The summed E-state index contributed by atoms with van der Waals surface area (Å²) in [5.41, 5.74) is 1.36. The first kappa shape index (κ1) is 11.9. The number of rotatable bonds is 4. The summed E-state index contributed by atoms with van der Waals surface area (Å²) in [4.78, 5) is 24.9. The third-order valence-corrected chi connectivity index (χ3v) is 2.50. The highest BCUT2D eigenvalue weighted by molar-refractivity contribution is 5.93. The van der Waals surface area contributed by atoms with Gasteiger partial charge in [-0.3, -0.25) is 15.1 Å². The first-order chi connectivity index (χ1) is 8.74. The van der Waals surface area contributed by atoms with Gasteiger partial charge in [0.1, 0.15) is 6.29 Å². The zero-order valence-electron chi connectivity index (χ0n) is 9.45. The Bertz CT molecular complexity index is 635. The summed E-state index contributed by atoms with van der Waals surface area (Å²) in [6, 6.07) is 6.41. The fourth-order valence-corrected chi connectivity index (χ4v) is 1.72. The molecule has 0 amide bonds. The molecule has 1 heterocycles. The van der Waals surface area contributed by atoms with Crippen LogP contribution in [0.5, 0.6) is 0 Å². The van der Waals surface area contributed by atoms with Crippen molar-refractivity contribution in [3.63, 3.8) is 0 Å². The Morgan fingerprint density at radius 2 is 2.17 bits per heavy atom. The van der Waals surface area contributed by atoms with Crippen LogP contribution in [-0.4, -0.2) is 16.2 Å². The van der Waals surface area contributed by atoms with Crippen LogP contribution < -0.4 is 0 Å². The van der Waals surface area contributed by atoms with E-state index in [2.05, 4.69) is 4.98 Å². The summed E-state index contributed by atoms with van der Waals surface area (Å²) in [6.07, 6.45) is 6.13. The van der Waals surface area contributed by atoms with Crippen LogP contribution in [0.1, 0.15) is 12.0 Å². The second-order valence-electron chi connectivity index (χ2n) is 3.64. The third-order valence-electron chi connectivity index (χ3n) is 2.50. The van der Waals surface area contributed by atoms with Crippen LogP contribution in [0.15, 0.2) is 36.5 Å². The van der Waals surface area contributed by atoms with E-state index in [1.54, 1.807) is 36.5 Å². The molecule has 0 radical (unpaired) electrons. The van der Waals surface area contributed by atoms with Crippen molar-refractivity contribution >= 4 is 29.0 Å². The average Bonchev–Trinajstić information content (AvgIpc) is 2.38. The number of hydrogen-bond donors (Lipinski definition) is 0. The van der Waals surface area contributed by atoms with E-state index in [1.807, 2.05) is 0 Å². The van der Waals surface area contributed by atoms with Gasteiger partial charge in [0.05, 0.1) is 15.8 Å². The van der Waals surface area contributed by atoms with Crippen molar-refractivity contribution in [1.82, 2.24) is 4.98 Å². The molecule has 0 unspecified atom stereocenters. The minimum absolute atomic E-state index is 0.0330. The van der Waals surface area contributed by atoms with E-state index in [4.69, 9.17) is 0 Å². The van der Waals surface area contributed by atoms with Crippen molar-refractivity contribution in [3.8, 4) is 0 Å². The minimum atomic E-state index is -0.428. The summed E-state index contributed by atoms with van der Waals surface area (Å²) < 4.78 is 0. The van der Waals surface area contributed by atoms with E-state index in [-0.39, 0.29) is 5.69 Å². The predicted molar refractivity (Wildman–Crippen MR) is 68.1 cm³/mol. The van der Waals surface area contributed by atoms with Crippen LogP contribution in [-0.2, 0) is 4.79 Å². The summed E-state index contributed by atoms with van der Waals surface area (Å²) in [6.45, 7) is 0. The molecule has 0 saturated heterocycles. The van der Waals surface area contributed by atoms with E-state index < -0.39 is 4.92 Å². The summed E-state index contributed by atoms with van der Waals surface area (Å²) in [5.74, 6) is 0. The molecule has 0 N–H and O–H groups in total. The fraction of sp³-hybridized carbons (Fsp3) is 0.0769. The van der Waals surface area contributed by atoms with Gasteiger partial charge in [0.25, 0.3) is 5.69 Å². The van der Waals surface area contributed by atoms with E-state index in [1.165, 1.54) is 6.07 Å². The molecule has 0 spiro atoms. The molecule has 2 rings (SSSR count). The number of benzene rings is 1. The van der Waals surface area contributed by atoms with E-state index in [9.17, 15) is 14.9 Å². The lowest BCUT2D eigenvalue weighted by molar-refractivity contribution is -0.383. The molecule has 1 aromatic carbocycles. The Kier molecular flexibility index (Phi) is 3.43. The molecule has 18 heavy (non-hydrogen) atoms. The highest BCUT2D eigenvalue weighted by Gasteiger charge is 2.13. The Morgan fingerprint density at radius 3 is 2.89 bits per heavy atom. The van der Waals surface area contributed by atoms with Gasteiger partial charge in [0.2, 0.25) is 0 Å². The lowest BCUT2D eigenvalue weighted by atomic mass is 10.1. The molecule has 5 nitrogen and oxygen atoms in total. The Labute approximate surface area is 103 Å². The Balaban J connectivity index is 2.60. The maximum atomic E-state index is 10.9. The molecule has 1 aromatic heterocycles. The number of carbonyl (C=O) groups excluding carboxylic acids is 1. The molecule has 0 atom stereocenters. The van der Waals surface area contributed by atoms with Crippen molar-refractivity contribution < 1.29 is 9.72 Å². The van der Waals surface area contributed by atoms with Crippen molar-refractivity contribution in [2.75, 3.05) is 0 Å². The standard InChI is InChI=1S/C13H10N2O3/c16-9-2-1-4-10-6-7-12(15(17)18)11-5-3-8-14-13(10)11/h1,3-9H,2H2. The van der Waals surface area contributed by atoms with Crippen molar-refractivity contribution in [2.24, 2.45) is 0 Å². The molecule has 0 aliphatic heterocycles. The van der Waals surface area contributed by atoms with Crippen LogP contribution in [0, 0.1) is 10.1 Å². The van der Waals surface area contributed by atoms with E-state index >= 15 is 0 Å². The van der Waals surface area contributed by atoms with Gasteiger partial charge in [-0.15, -0.1) is 0 Å². The highest BCUT2D eigenvalue weighted by atomic mass is 16.6. The zero-order valence-corrected chi connectivity index (χ0v) is 9.45. The quantitative estimate of drug-likeness (QED) is 0.469. The second-order valence-corrected chi connectivity index (χ2v) is 3.64. The van der Waals surface area contributed by atoms with Crippen molar-refractivity contribution in [1.29, 1.82) is 0 Å². The van der Waals surface area contributed by atoms with Crippen LogP contribution >= 0.6 is 0 Å². The number of aromatic nitrogens is 1. The van der Waals surface area contributed by atoms with Gasteiger partial charge in [-0.1, -0.05) is 12.2 Å². The largest absolute Gasteiger partial charge is 0.303 e. The van der Waals surface area contributed by atoms with E-state index in [0.29, 0.717) is 17.3 Å². The SMILES string of the molecule is O=CCC=Cc1ccc([N+](=O)[O-])c2cccnc12. The number of nitrogens with zero attached hydrogens (tertiary/aromatic N) is 2. The lowest BCUT2D eigenvalue weighted by Crippen LogP contribution is -1.92. The molecule has 0 bridgehead atoms. The summed E-state index contributed by atoms with van der Waals surface area (Å²) in [7, 11) is 0. The second kappa shape index (κ2) is 5.18. The number of aldehydes is 1. The van der Waals surface area contributed by atoms with Gasteiger partial charge in [-0.05, 0) is 18.2 Å². The van der Waals surface area contributed by atoms with Crippen molar-refractivity contribution in [2.45, 2.75) is 6.42 Å². The highest BCUT2D eigenvalue weighted by Crippen LogP contribution is 2.27. The number of nitro benzene ring substituents is 1. The average molecular weight is 242 g/mol.